The molecule has 7 heteroatoms. The highest BCUT2D eigenvalue weighted by molar-refractivity contribution is 7.89. The van der Waals surface area contributed by atoms with Crippen molar-refractivity contribution >= 4 is 21.6 Å². The first kappa shape index (κ1) is 16.5. The average Bonchev–Trinajstić information content (AvgIpc) is 2.38. The van der Waals surface area contributed by atoms with Gasteiger partial charge in [-0.05, 0) is 24.6 Å². The molecule has 0 bridgehead atoms. The largest absolute Gasteiger partial charge is 0.398 e. The van der Waals surface area contributed by atoms with Crippen LogP contribution in [0.4, 0.5) is 5.69 Å². The monoisotopic (exact) mass is 299 g/mol. The second kappa shape index (κ2) is 6.23. The number of likely N-dealkylation sites (N-methyl/N-ethyl adjacent to an activating group) is 2. The number of rotatable bonds is 5. The number of hydrogen-bond acceptors (Lipinski definition) is 4. The Hall–Kier alpha value is -1.60. The van der Waals surface area contributed by atoms with Gasteiger partial charge in [0, 0.05) is 26.3 Å². The number of anilines is 1. The summed E-state index contributed by atoms with van der Waals surface area (Å²) in [6, 6.07) is 4.58. The summed E-state index contributed by atoms with van der Waals surface area (Å²) in [7, 11) is -0.533. The van der Waals surface area contributed by atoms with Crippen molar-refractivity contribution < 1.29 is 13.2 Å². The van der Waals surface area contributed by atoms with Crippen molar-refractivity contribution in [3.05, 3.63) is 23.8 Å². The van der Waals surface area contributed by atoms with E-state index in [1.165, 1.54) is 17.0 Å². The fraction of sp³-hybridized carbons (Fsp3) is 0.462. The summed E-state index contributed by atoms with van der Waals surface area (Å²) in [4.78, 5) is 13.2. The molecule has 0 aromatic heterocycles. The molecule has 0 spiro atoms. The Labute approximate surface area is 120 Å². The summed E-state index contributed by atoms with van der Waals surface area (Å²) in [5.74, 6) is -0.268. The van der Waals surface area contributed by atoms with Crippen LogP contribution in [0.2, 0.25) is 0 Å². The standard InChI is InChI=1S/C13H21N3O3S/c1-5-16(9-13(17)15(3)4)20(18,19)11-7-6-10(2)12(14)8-11/h6-8H,5,9,14H2,1-4H3. The van der Waals surface area contributed by atoms with Crippen LogP contribution >= 0.6 is 0 Å². The van der Waals surface area contributed by atoms with Gasteiger partial charge in [-0.2, -0.15) is 4.31 Å². The molecule has 0 radical (unpaired) electrons. The molecule has 1 aromatic carbocycles. The fourth-order valence-electron chi connectivity index (χ4n) is 1.59. The number of amides is 1. The van der Waals surface area contributed by atoms with Gasteiger partial charge in [-0.3, -0.25) is 4.79 Å². The number of benzene rings is 1. The molecule has 1 amide bonds. The number of carbonyl (C=O) groups is 1. The van der Waals surface area contributed by atoms with Crippen molar-refractivity contribution in [1.29, 1.82) is 0 Å². The van der Waals surface area contributed by atoms with Gasteiger partial charge in [0.1, 0.15) is 0 Å². The molecule has 20 heavy (non-hydrogen) atoms. The molecule has 112 valence electrons. The minimum absolute atomic E-state index is 0.106. The topological polar surface area (TPSA) is 83.7 Å². The van der Waals surface area contributed by atoms with Gasteiger partial charge in [0.15, 0.2) is 0 Å². The van der Waals surface area contributed by atoms with Crippen molar-refractivity contribution in [2.75, 3.05) is 32.9 Å². The molecule has 0 unspecified atom stereocenters. The lowest BCUT2D eigenvalue weighted by molar-refractivity contribution is -0.128. The van der Waals surface area contributed by atoms with Gasteiger partial charge in [0.2, 0.25) is 15.9 Å². The van der Waals surface area contributed by atoms with Gasteiger partial charge in [0.05, 0.1) is 11.4 Å². The molecule has 1 rings (SSSR count). The maximum atomic E-state index is 12.5. The van der Waals surface area contributed by atoms with Gasteiger partial charge in [-0.1, -0.05) is 13.0 Å². The van der Waals surface area contributed by atoms with Crippen LogP contribution < -0.4 is 5.73 Å². The number of aryl methyl sites for hydroxylation is 1. The maximum Gasteiger partial charge on any atom is 0.243 e. The van der Waals surface area contributed by atoms with Gasteiger partial charge >= 0.3 is 0 Å². The van der Waals surface area contributed by atoms with E-state index in [9.17, 15) is 13.2 Å². The van der Waals surface area contributed by atoms with E-state index in [0.717, 1.165) is 9.87 Å². The zero-order valence-electron chi connectivity index (χ0n) is 12.3. The van der Waals surface area contributed by atoms with E-state index in [1.807, 2.05) is 0 Å². The Bertz CT molecular complexity index is 597. The minimum Gasteiger partial charge on any atom is -0.398 e. The molecule has 0 saturated carbocycles. The molecular weight excluding hydrogens is 278 g/mol. The molecule has 1 aromatic rings. The lowest BCUT2D eigenvalue weighted by atomic mass is 10.2. The Morgan fingerprint density at radius 2 is 1.90 bits per heavy atom. The SMILES string of the molecule is CCN(CC(=O)N(C)C)S(=O)(=O)c1ccc(C)c(N)c1. The second-order valence-corrected chi connectivity index (χ2v) is 6.68. The van der Waals surface area contributed by atoms with Crippen LogP contribution in [0, 0.1) is 6.92 Å². The van der Waals surface area contributed by atoms with Gasteiger partial charge < -0.3 is 10.6 Å². The summed E-state index contributed by atoms with van der Waals surface area (Å²) in [6.45, 7) is 3.53. The molecule has 0 aliphatic carbocycles. The zero-order chi connectivity index (χ0) is 15.5. The molecule has 0 fully saturated rings. The summed E-state index contributed by atoms with van der Waals surface area (Å²) in [6.07, 6.45) is 0. The van der Waals surface area contributed by atoms with Crippen LogP contribution in [-0.2, 0) is 14.8 Å². The summed E-state index contributed by atoms with van der Waals surface area (Å²) in [5, 5.41) is 0. The van der Waals surface area contributed by atoms with E-state index in [0.29, 0.717) is 5.69 Å². The normalized spacial score (nSPS) is 11.7. The molecule has 0 aliphatic rings. The number of nitrogens with zero attached hydrogens (tertiary/aromatic N) is 2. The Kier molecular flexibility index (Phi) is 5.13. The van der Waals surface area contributed by atoms with Gasteiger partial charge in [-0.25, -0.2) is 8.42 Å². The third-order valence-electron chi connectivity index (χ3n) is 3.05. The second-order valence-electron chi connectivity index (χ2n) is 4.74. The molecule has 0 aliphatic heterocycles. The molecule has 0 saturated heterocycles. The fourth-order valence-corrected chi connectivity index (χ4v) is 3.02. The van der Waals surface area contributed by atoms with Crippen LogP contribution in [0.15, 0.2) is 23.1 Å². The Morgan fingerprint density at radius 1 is 1.30 bits per heavy atom. The van der Waals surface area contributed by atoms with E-state index in [4.69, 9.17) is 5.73 Å². The molecule has 6 nitrogen and oxygen atoms in total. The third kappa shape index (κ3) is 3.49. The van der Waals surface area contributed by atoms with Gasteiger partial charge in [0.25, 0.3) is 0 Å². The molecule has 0 heterocycles. The van der Waals surface area contributed by atoms with Crippen LogP contribution in [-0.4, -0.2) is 50.7 Å². The van der Waals surface area contributed by atoms with E-state index >= 15 is 0 Å². The minimum atomic E-state index is -3.71. The van der Waals surface area contributed by atoms with Gasteiger partial charge in [-0.15, -0.1) is 0 Å². The Balaban J connectivity index is 3.12. The zero-order valence-corrected chi connectivity index (χ0v) is 13.1. The first-order valence-corrected chi connectivity index (χ1v) is 7.70. The molecule has 0 atom stereocenters. The van der Waals surface area contributed by atoms with E-state index < -0.39 is 10.0 Å². The maximum absolute atomic E-state index is 12.5. The average molecular weight is 299 g/mol. The smallest absolute Gasteiger partial charge is 0.243 e. The van der Waals surface area contributed by atoms with Crippen LogP contribution in [0.5, 0.6) is 0 Å². The van der Waals surface area contributed by atoms with E-state index in [-0.39, 0.29) is 23.9 Å². The first-order chi connectivity index (χ1) is 9.20. The summed E-state index contributed by atoms with van der Waals surface area (Å²) in [5.41, 5.74) is 6.98. The number of nitrogen functional groups attached to an aromatic ring is 1. The van der Waals surface area contributed by atoms with E-state index in [1.54, 1.807) is 34.0 Å². The number of carbonyl (C=O) groups excluding carboxylic acids is 1. The molecule has 2 N–H and O–H groups in total. The van der Waals surface area contributed by atoms with Crippen molar-refractivity contribution in [3.63, 3.8) is 0 Å². The quantitative estimate of drug-likeness (QED) is 0.810. The van der Waals surface area contributed by atoms with Crippen LogP contribution in [0.25, 0.3) is 0 Å². The highest BCUT2D eigenvalue weighted by atomic mass is 32.2. The third-order valence-corrected chi connectivity index (χ3v) is 4.97. The van der Waals surface area contributed by atoms with Crippen molar-refractivity contribution in [2.24, 2.45) is 0 Å². The van der Waals surface area contributed by atoms with Crippen LogP contribution in [0.1, 0.15) is 12.5 Å². The summed E-state index contributed by atoms with van der Waals surface area (Å²) < 4.78 is 26.1. The predicted molar refractivity (Wildman–Crippen MR) is 78.7 cm³/mol. The summed E-state index contributed by atoms with van der Waals surface area (Å²) >= 11 is 0. The number of sulfonamides is 1. The number of nitrogens with two attached hydrogens (primary N) is 1. The predicted octanol–water partition coefficient (Wildman–Crippen LogP) is 0.676. The highest BCUT2D eigenvalue weighted by Crippen LogP contribution is 2.20. The number of hydrogen-bond donors (Lipinski definition) is 1. The first-order valence-electron chi connectivity index (χ1n) is 6.26. The lowest BCUT2D eigenvalue weighted by Gasteiger charge is -2.22. The van der Waals surface area contributed by atoms with Crippen molar-refractivity contribution in [1.82, 2.24) is 9.21 Å². The Morgan fingerprint density at radius 3 is 2.35 bits per heavy atom. The van der Waals surface area contributed by atoms with Crippen molar-refractivity contribution in [3.8, 4) is 0 Å². The highest BCUT2D eigenvalue weighted by Gasteiger charge is 2.26. The van der Waals surface area contributed by atoms with Crippen molar-refractivity contribution in [2.45, 2.75) is 18.7 Å². The lowest BCUT2D eigenvalue weighted by Crippen LogP contribution is -2.40. The van der Waals surface area contributed by atoms with E-state index in [2.05, 4.69) is 0 Å². The molecular formula is C13H21N3O3S. The van der Waals surface area contributed by atoms with Crippen LogP contribution in [0.3, 0.4) is 0 Å².